The van der Waals surface area contributed by atoms with Crippen LogP contribution in [-0.4, -0.2) is 30.1 Å². The Kier molecular flexibility index (Phi) is 9.94. The molecule has 0 aliphatic carbocycles. The normalized spacial score (nSPS) is 10.7. The van der Waals surface area contributed by atoms with Gasteiger partial charge in [-0.15, -0.1) is 0 Å². The Morgan fingerprint density at radius 3 is 1.23 bits per heavy atom. The topological polar surface area (TPSA) is 27.7 Å². The maximum atomic E-state index is 4.96. The second-order valence-electron chi connectivity index (χ2n) is 3.15. The zero-order valence-electron chi connectivity index (χ0n) is 9.59. The summed E-state index contributed by atoms with van der Waals surface area (Å²) < 4.78 is 14.9. The van der Waals surface area contributed by atoms with Crippen molar-refractivity contribution in [3.05, 3.63) is 12.3 Å². The lowest BCUT2D eigenvalue weighted by Crippen LogP contribution is -2.40. The van der Waals surface area contributed by atoms with Crippen molar-refractivity contribution in [1.29, 1.82) is 0 Å². The SMILES string of the molecule is C=C[Si](OC)(OC)OC.CC(C)C. The molecule has 0 unspecified atom stereocenters. The molecule has 0 saturated heterocycles. The minimum atomic E-state index is -2.43. The fourth-order valence-corrected chi connectivity index (χ4v) is 1.50. The molecule has 0 rings (SSSR count). The highest BCUT2D eigenvalue weighted by Crippen LogP contribution is 2.04. The first-order valence-corrected chi connectivity index (χ1v) is 6.07. The van der Waals surface area contributed by atoms with Gasteiger partial charge in [-0.3, -0.25) is 0 Å². The van der Waals surface area contributed by atoms with E-state index in [-0.39, 0.29) is 0 Å². The van der Waals surface area contributed by atoms with Crippen LogP contribution >= 0.6 is 0 Å². The zero-order chi connectivity index (χ0) is 10.9. The van der Waals surface area contributed by atoms with Gasteiger partial charge in [-0.25, -0.2) is 0 Å². The van der Waals surface area contributed by atoms with E-state index in [4.69, 9.17) is 13.3 Å². The Morgan fingerprint density at radius 1 is 1.00 bits per heavy atom. The molecule has 80 valence electrons. The highest BCUT2D eigenvalue weighted by molar-refractivity contribution is 6.66. The molecule has 0 aliphatic heterocycles. The lowest BCUT2D eigenvalue weighted by atomic mass is 10.3. The number of rotatable bonds is 4. The summed E-state index contributed by atoms with van der Waals surface area (Å²) in [7, 11) is 2.20. The Morgan fingerprint density at radius 2 is 1.23 bits per heavy atom. The molecular formula is C9H22O3Si. The third-order valence-electron chi connectivity index (χ3n) is 1.10. The minimum absolute atomic E-state index is 0.833. The predicted molar refractivity (Wildman–Crippen MR) is 57.5 cm³/mol. The Hall–Kier alpha value is -0.163. The summed E-state index contributed by atoms with van der Waals surface area (Å²) in [4.78, 5) is 0. The van der Waals surface area contributed by atoms with Crippen molar-refractivity contribution >= 4 is 8.80 Å². The van der Waals surface area contributed by atoms with E-state index in [0.29, 0.717) is 0 Å². The number of hydrogen-bond donors (Lipinski definition) is 0. The van der Waals surface area contributed by atoms with Gasteiger partial charge in [0.15, 0.2) is 0 Å². The summed E-state index contributed by atoms with van der Waals surface area (Å²) in [6.45, 7) is 10.0. The predicted octanol–water partition coefficient (Wildman–Crippen LogP) is 2.25. The van der Waals surface area contributed by atoms with Crippen molar-refractivity contribution in [2.24, 2.45) is 5.92 Å². The van der Waals surface area contributed by atoms with Crippen molar-refractivity contribution in [1.82, 2.24) is 0 Å². The van der Waals surface area contributed by atoms with E-state index in [1.54, 1.807) is 27.0 Å². The van der Waals surface area contributed by atoms with Crippen molar-refractivity contribution in [2.45, 2.75) is 20.8 Å². The van der Waals surface area contributed by atoms with Crippen molar-refractivity contribution in [2.75, 3.05) is 21.3 Å². The van der Waals surface area contributed by atoms with Gasteiger partial charge in [0.05, 0.1) is 0 Å². The molecule has 0 atom stereocenters. The van der Waals surface area contributed by atoms with Crippen LogP contribution in [0.2, 0.25) is 0 Å². The summed E-state index contributed by atoms with van der Waals surface area (Å²) in [5.41, 5.74) is 1.58. The molecule has 4 heteroatoms. The lowest BCUT2D eigenvalue weighted by molar-refractivity contribution is 0.138. The second-order valence-corrected chi connectivity index (χ2v) is 5.99. The zero-order valence-corrected chi connectivity index (χ0v) is 10.6. The first-order chi connectivity index (χ1) is 5.97. The van der Waals surface area contributed by atoms with Crippen LogP contribution in [0.15, 0.2) is 12.3 Å². The van der Waals surface area contributed by atoms with E-state index >= 15 is 0 Å². The van der Waals surface area contributed by atoms with Gasteiger partial charge in [0, 0.05) is 21.3 Å². The Labute approximate surface area is 83.1 Å². The summed E-state index contributed by atoms with van der Waals surface area (Å²) >= 11 is 0. The third-order valence-corrected chi connectivity index (χ3v) is 3.31. The molecule has 0 heterocycles. The summed E-state index contributed by atoms with van der Waals surface area (Å²) in [6.07, 6.45) is 0. The molecule has 0 aromatic carbocycles. The first kappa shape index (κ1) is 15.3. The molecule has 0 amide bonds. The third kappa shape index (κ3) is 8.17. The maximum absolute atomic E-state index is 4.96. The van der Waals surface area contributed by atoms with E-state index in [1.165, 1.54) is 0 Å². The highest BCUT2D eigenvalue weighted by Gasteiger charge is 2.33. The Balaban J connectivity index is 0. The van der Waals surface area contributed by atoms with Crippen LogP contribution in [0.4, 0.5) is 0 Å². The molecule has 3 nitrogen and oxygen atoms in total. The Bertz CT molecular complexity index is 111. The van der Waals surface area contributed by atoms with Gasteiger partial charge >= 0.3 is 8.80 Å². The van der Waals surface area contributed by atoms with Gasteiger partial charge in [-0.2, -0.15) is 0 Å². The van der Waals surface area contributed by atoms with E-state index in [1.807, 2.05) is 0 Å². The first-order valence-electron chi connectivity index (χ1n) is 4.27. The summed E-state index contributed by atoms with van der Waals surface area (Å²) in [5, 5.41) is 0. The molecule has 0 bridgehead atoms. The van der Waals surface area contributed by atoms with E-state index < -0.39 is 8.80 Å². The van der Waals surface area contributed by atoms with Crippen LogP contribution in [0.1, 0.15) is 20.8 Å². The van der Waals surface area contributed by atoms with Gasteiger partial charge in [-0.1, -0.05) is 27.4 Å². The molecule has 0 radical (unpaired) electrons. The molecule has 0 N–H and O–H groups in total. The summed E-state index contributed by atoms with van der Waals surface area (Å²) in [6, 6.07) is 0. The van der Waals surface area contributed by atoms with Crippen molar-refractivity contribution in [3.8, 4) is 0 Å². The lowest BCUT2D eigenvalue weighted by Gasteiger charge is -2.19. The molecule has 0 aromatic rings. The average molecular weight is 206 g/mol. The van der Waals surface area contributed by atoms with Gasteiger partial charge in [-0.05, 0) is 11.6 Å². The quantitative estimate of drug-likeness (QED) is 0.660. The standard InChI is InChI=1S/C5H12O3Si.C4H10/c1-5-9(6-2,7-3)8-4;1-4(2)3/h5H,1H2,2-4H3;4H,1-3H3. The van der Waals surface area contributed by atoms with Crippen molar-refractivity contribution in [3.63, 3.8) is 0 Å². The average Bonchev–Trinajstić information content (AvgIpc) is 2.09. The molecule has 0 spiro atoms. The van der Waals surface area contributed by atoms with Gasteiger partial charge in [0.2, 0.25) is 0 Å². The monoisotopic (exact) mass is 206 g/mol. The van der Waals surface area contributed by atoms with E-state index in [0.717, 1.165) is 5.92 Å². The minimum Gasteiger partial charge on any atom is -0.374 e. The van der Waals surface area contributed by atoms with Crippen LogP contribution in [0, 0.1) is 5.92 Å². The fourth-order valence-electron chi connectivity index (χ4n) is 0.500. The molecule has 0 fully saturated rings. The largest absolute Gasteiger partial charge is 0.528 e. The van der Waals surface area contributed by atoms with E-state index in [9.17, 15) is 0 Å². The highest BCUT2D eigenvalue weighted by atomic mass is 28.4. The second kappa shape index (κ2) is 8.44. The molecule has 0 aliphatic rings. The summed E-state index contributed by atoms with van der Waals surface area (Å²) in [5.74, 6) is 0.833. The van der Waals surface area contributed by atoms with Gasteiger partial charge in [0.1, 0.15) is 0 Å². The smallest absolute Gasteiger partial charge is 0.374 e. The van der Waals surface area contributed by atoms with Gasteiger partial charge < -0.3 is 13.3 Å². The maximum Gasteiger partial charge on any atom is 0.528 e. The molecule has 0 saturated carbocycles. The van der Waals surface area contributed by atoms with Crippen LogP contribution in [0.25, 0.3) is 0 Å². The van der Waals surface area contributed by atoms with Crippen LogP contribution in [-0.2, 0) is 13.3 Å². The van der Waals surface area contributed by atoms with Crippen LogP contribution < -0.4 is 0 Å². The van der Waals surface area contributed by atoms with Crippen molar-refractivity contribution < 1.29 is 13.3 Å². The van der Waals surface area contributed by atoms with Gasteiger partial charge in [0.25, 0.3) is 0 Å². The molecule has 13 heavy (non-hydrogen) atoms. The molecular weight excluding hydrogens is 184 g/mol. The molecule has 0 aromatic heterocycles. The fraction of sp³-hybridized carbons (Fsp3) is 0.778. The van der Waals surface area contributed by atoms with E-state index in [2.05, 4.69) is 27.4 Å². The van der Waals surface area contributed by atoms with Crippen LogP contribution in [0.3, 0.4) is 0 Å². The van der Waals surface area contributed by atoms with Crippen LogP contribution in [0.5, 0.6) is 0 Å². The number of hydrogen-bond acceptors (Lipinski definition) is 3.